The van der Waals surface area contributed by atoms with Crippen molar-refractivity contribution in [2.45, 2.75) is 26.3 Å². The second kappa shape index (κ2) is 11.8. The fourth-order valence-electron chi connectivity index (χ4n) is 2.01. The molecule has 1 atom stereocenters. The number of carbonyl (C=O) groups excluding carboxylic acids is 1. The Balaban J connectivity index is 0.00000484. The van der Waals surface area contributed by atoms with E-state index in [0.717, 1.165) is 18.5 Å². The number of hydrogen-bond acceptors (Lipinski definition) is 4. The molecule has 0 bridgehead atoms. The Labute approximate surface area is 144 Å². The van der Waals surface area contributed by atoms with Crippen molar-refractivity contribution in [1.29, 1.82) is 0 Å². The number of hydrogen-bond donors (Lipinski definition) is 2. The van der Waals surface area contributed by atoms with E-state index in [-0.39, 0.29) is 31.0 Å². The number of rotatable bonds is 10. The predicted octanol–water partition coefficient (Wildman–Crippen LogP) is 2.34. The van der Waals surface area contributed by atoms with Crippen LogP contribution in [0.4, 0.5) is 0 Å². The van der Waals surface area contributed by atoms with Crippen LogP contribution in [0.2, 0.25) is 0 Å². The molecule has 0 fully saturated rings. The van der Waals surface area contributed by atoms with Crippen molar-refractivity contribution in [3.05, 3.63) is 36.4 Å². The molecule has 0 aromatic heterocycles. The third-order valence-electron chi connectivity index (χ3n) is 3.12. The summed E-state index contributed by atoms with van der Waals surface area (Å²) in [5.74, 6) is 1.03. The summed E-state index contributed by atoms with van der Waals surface area (Å²) in [4.78, 5) is 11.8. The fourth-order valence-corrected chi connectivity index (χ4v) is 2.01. The zero-order chi connectivity index (χ0) is 16.4. The van der Waals surface area contributed by atoms with Gasteiger partial charge in [0.25, 0.3) is 5.91 Å². The van der Waals surface area contributed by atoms with Crippen molar-refractivity contribution < 1.29 is 14.3 Å². The van der Waals surface area contributed by atoms with E-state index in [0.29, 0.717) is 18.0 Å². The van der Waals surface area contributed by atoms with Gasteiger partial charge in [-0.05, 0) is 37.6 Å². The molecule has 1 aromatic rings. The summed E-state index contributed by atoms with van der Waals surface area (Å²) in [7, 11) is 1.58. The van der Waals surface area contributed by atoms with E-state index < -0.39 is 0 Å². The highest BCUT2D eigenvalue weighted by Crippen LogP contribution is 2.28. The fraction of sp³-hybridized carbons (Fsp3) is 0.471. The molecule has 0 aliphatic carbocycles. The summed E-state index contributed by atoms with van der Waals surface area (Å²) in [6, 6.07) is 5.88. The molecule has 130 valence electrons. The summed E-state index contributed by atoms with van der Waals surface area (Å²) in [5, 5.41) is 6.05. The molecule has 1 rings (SSSR count). The third kappa shape index (κ3) is 7.90. The van der Waals surface area contributed by atoms with Crippen LogP contribution in [0.3, 0.4) is 0 Å². The second-order valence-electron chi connectivity index (χ2n) is 5.03. The highest BCUT2D eigenvalue weighted by molar-refractivity contribution is 5.85. The lowest BCUT2D eigenvalue weighted by molar-refractivity contribution is -0.123. The maximum atomic E-state index is 11.8. The van der Waals surface area contributed by atoms with Crippen LogP contribution in [0.5, 0.6) is 11.5 Å². The van der Waals surface area contributed by atoms with E-state index >= 15 is 0 Å². The number of amides is 1. The van der Waals surface area contributed by atoms with Crippen LogP contribution in [-0.4, -0.2) is 38.8 Å². The van der Waals surface area contributed by atoms with Gasteiger partial charge in [0, 0.05) is 12.6 Å². The molecule has 0 aliphatic heterocycles. The molecule has 0 saturated carbocycles. The van der Waals surface area contributed by atoms with Crippen molar-refractivity contribution in [3.63, 3.8) is 0 Å². The summed E-state index contributed by atoms with van der Waals surface area (Å²) in [5.41, 5.74) is 1.09. The first-order chi connectivity index (χ1) is 10.6. The van der Waals surface area contributed by atoms with Crippen LogP contribution in [0.15, 0.2) is 30.9 Å². The van der Waals surface area contributed by atoms with Crippen molar-refractivity contribution in [1.82, 2.24) is 10.6 Å². The summed E-state index contributed by atoms with van der Waals surface area (Å²) >= 11 is 0. The van der Waals surface area contributed by atoms with E-state index in [1.807, 2.05) is 38.1 Å². The largest absolute Gasteiger partial charge is 0.493 e. The minimum atomic E-state index is -0.151. The molecule has 6 heteroatoms. The Morgan fingerprint density at radius 3 is 2.74 bits per heavy atom. The minimum Gasteiger partial charge on any atom is -0.493 e. The Morgan fingerprint density at radius 2 is 2.13 bits per heavy atom. The van der Waals surface area contributed by atoms with Crippen LogP contribution < -0.4 is 20.1 Å². The molecular weight excluding hydrogens is 316 g/mol. The average molecular weight is 343 g/mol. The molecule has 0 aliphatic rings. The first-order valence-corrected chi connectivity index (χ1v) is 7.51. The van der Waals surface area contributed by atoms with E-state index in [2.05, 4.69) is 17.2 Å². The van der Waals surface area contributed by atoms with Crippen molar-refractivity contribution in [2.75, 3.05) is 26.8 Å². The number of allylic oxidation sites excluding steroid dienone is 1. The number of benzene rings is 1. The Kier molecular flexibility index (Phi) is 10.9. The highest BCUT2D eigenvalue weighted by Gasteiger charge is 2.09. The van der Waals surface area contributed by atoms with Gasteiger partial charge in [0.05, 0.1) is 7.11 Å². The topological polar surface area (TPSA) is 59.6 Å². The zero-order valence-corrected chi connectivity index (χ0v) is 14.9. The lowest BCUT2D eigenvalue weighted by Gasteiger charge is -2.14. The minimum absolute atomic E-state index is 0. The molecule has 2 N–H and O–H groups in total. The molecule has 0 heterocycles. The zero-order valence-electron chi connectivity index (χ0n) is 14.1. The molecular formula is C17H27ClN2O3. The van der Waals surface area contributed by atoms with Gasteiger partial charge in [-0.15, -0.1) is 19.0 Å². The first-order valence-electron chi connectivity index (χ1n) is 7.51. The van der Waals surface area contributed by atoms with Crippen LogP contribution in [0.1, 0.15) is 19.4 Å². The summed E-state index contributed by atoms with van der Waals surface area (Å²) in [6.07, 6.45) is 2.59. The van der Waals surface area contributed by atoms with Gasteiger partial charge in [0.15, 0.2) is 18.1 Å². The number of ether oxygens (including phenoxy) is 2. The lowest BCUT2D eigenvalue weighted by Crippen LogP contribution is -2.40. The van der Waals surface area contributed by atoms with Gasteiger partial charge in [0.2, 0.25) is 0 Å². The van der Waals surface area contributed by atoms with Gasteiger partial charge >= 0.3 is 0 Å². The van der Waals surface area contributed by atoms with Gasteiger partial charge in [-0.25, -0.2) is 0 Å². The monoisotopic (exact) mass is 342 g/mol. The number of halogens is 1. The maximum absolute atomic E-state index is 11.8. The highest BCUT2D eigenvalue weighted by atomic mass is 35.5. The van der Waals surface area contributed by atoms with Gasteiger partial charge in [-0.2, -0.15) is 0 Å². The van der Waals surface area contributed by atoms with Gasteiger partial charge in [-0.3, -0.25) is 4.79 Å². The number of nitrogens with one attached hydrogen (secondary N) is 2. The van der Waals surface area contributed by atoms with E-state index in [1.54, 1.807) is 7.11 Å². The molecule has 0 spiro atoms. The van der Waals surface area contributed by atoms with Crippen molar-refractivity contribution in [2.24, 2.45) is 0 Å². The molecule has 1 aromatic carbocycles. The number of carbonyl (C=O) groups is 1. The van der Waals surface area contributed by atoms with Crippen LogP contribution >= 0.6 is 12.4 Å². The Bertz CT molecular complexity index is 495. The quantitative estimate of drug-likeness (QED) is 0.641. The van der Waals surface area contributed by atoms with E-state index in [4.69, 9.17) is 9.47 Å². The molecule has 0 unspecified atom stereocenters. The number of likely N-dealkylation sites (N-methyl/N-ethyl adjacent to an activating group) is 1. The average Bonchev–Trinajstić information content (AvgIpc) is 2.52. The van der Waals surface area contributed by atoms with Crippen LogP contribution in [0, 0.1) is 0 Å². The lowest BCUT2D eigenvalue weighted by atomic mass is 10.1. The Morgan fingerprint density at radius 1 is 1.39 bits per heavy atom. The standard InChI is InChI=1S/C17H26N2O3.ClH/c1-5-7-14-8-9-15(16(10-14)21-4)22-12-17(20)19-11-13(3)18-6-2;/h5,8-10,13,18H,1,6-7,11-12H2,2-4H3,(H,19,20);1H/t13-;/m1./s1. The predicted molar refractivity (Wildman–Crippen MR) is 95.8 cm³/mol. The summed E-state index contributed by atoms with van der Waals surface area (Å²) < 4.78 is 10.8. The van der Waals surface area contributed by atoms with Gasteiger partial charge in [0.1, 0.15) is 0 Å². The van der Waals surface area contributed by atoms with E-state index in [1.165, 1.54) is 0 Å². The van der Waals surface area contributed by atoms with Crippen molar-refractivity contribution in [3.8, 4) is 11.5 Å². The Hall–Kier alpha value is -1.72. The third-order valence-corrected chi connectivity index (χ3v) is 3.12. The normalized spacial score (nSPS) is 11.1. The van der Waals surface area contributed by atoms with Gasteiger partial charge in [-0.1, -0.05) is 19.1 Å². The van der Waals surface area contributed by atoms with Crippen molar-refractivity contribution >= 4 is 18.3 Å². The SMILES string of the molecule is C=CCc1ccc(OCC(=O)NC[C@@H](C)NCC)c(OC)c1.Cl. The smallest absolute Gasteiger partial charge is 0.257 e. The van der Waals surface area contributed by atoms with Crippen LogP contribution in [0.25, 0.3) is 0 Å². The summed E-state index contributed by atoms with van der Waals surface area (Å²) in [6.45, 7) is 9.18. The number of methoxy groups -OCH3 is 1. The molecule has 23 heavy (non-hydrogen) atoms. The molecule has 5 nitrogen and oxygen atoms in total. The molecule has 1 amide bonds. The maximum Gasteiger partial charge on any atom is 0.257 e. The van der Waals surface area contributed by atoms with E-state index in [9.17, 15) is 4.79 Å². The first kappa shape index (κ1) is 21.3. The molecule has 0 radical (unpaired) electrons. The molecule has 0 saturated heterocycles. The van der Waals surface area contributed by atoms with Crippen LogP contribution in [-0.2, 0) is 11.2 Å². The second-order valence-corrected chi connectivity index (χ2v) is 5.03. The van der Waals surface area contributed by atoms with Gasteiger partial charge < -0.3 is 20.1 Å².